The summed E-state index contributed by atoms with van der Waals surface area (Å²) in [6.07, 6.45) is 10.4. The number of halogens is 1. The van der Waals surface area contributed by atoms with Crippen LogP contribution >= 0.6 is 11.6 Å². The van der Waals surface area contributed by atoms with Crippen LogP contribution in [-0.4, -0.2) is 108 Å². The van der Waals surface area contributed by atoms with E-state index in [1.807, 2.05) is 25.1 Å². The Labute approximate surface area is 357 Å². The number of allylic oxidation sites excluding steroid dienone is 1. The third-order valence-electron chi connectivity index (χ3n) is 12.7. The Bertz CT molecular complexity index is 2270. The third kappa shape index (κ3) is 9.24. The molecule has 16 heteroatoms. The monoisotopic (exact) mass is 862 g/mol. The van der Waals surface area contributed by atoms with E-state index < -0.39 is 27.8 Å². The Kier molecular flexibility index (Phi) is 12.6. The van der Waals surface area contributed by atoms with Crippen molar-refractivity contribution in [2.75, 3.05) is 70.3 Å². The average Bonchev–Trinajstić information content (AvgIpc) is 3.53. The lowest BCUT2D eigenvalue weighted by Gasteiger charge is -2.46. The Morgan fingerprint density at radius 1 is 1.13 bits per heavy atom. The van der Waals surface area contributed by atoms with Gasteiger partial charge in [-0.15, -0.1) is 9.46 Å². The highest BCUT2D eigenvalue weighted by atomic mass is 35.5. The van der Waals surface area contributed by atoms with E-state index >= 15 is 0 Å². The molecule has 3 aliphatic heterocycles. The second kappa shape index (κ2) is 17.9. The molecule has 1 spiro atoms. The molecule has 2 aliphatic carbocycles. The number of carbonyl (C=O) groups is 3. The Morgan fingerprint density at radius 3 is 2.75 bits per heavy atom. The van der Waals surface area contributed by atoms with Crippen LogP contribution in [0.25, 0.3) is 0 Å². The third-order valence-corrected chi connectivity index (χ3v) is 15.0. The topological polar surface area (TPSA) is 154 Å². The molecule has 14 nitrogen and oxygen atoms in total. The van der Waals surface area contributed by atoms with Gasteiger partial charge in [0.2, 0.25) is 5.88 Å². The molecular formula is C44H55ClN6O8S. The summed E-state index contributed by atoms with van der Waals surface area (Å²) in [5, 5.41) is 4.87. The summed E-state index contributed by atoms with van der Waals surface area (Å²) in [6, 6.07) is 11.4. The molecule has 6 atom stereocenters. The SMILES string of the molecule is COc1nn(C)cc1C(=O)N[S@@]1(=O)=NC(=O)c2ccc3c(c2)N(C[C@@H]2CC[C@H]2[C@@H](OC(=O)CCN2CCOCC2)/C=C/C[C@H](C)C1)C[C@@]1(CCCc2cc(Cl)ccc21)CO3. The van der Waals surface area contributed by atoms with Crippen molar-refractivity contribution < 1.29 is 37.5 Å². The van der Waals surface area contributed by atoms with Gasteiger partial charge in [0.1, 0.15) is 27.3 Å². The number of morpholine rings is 1. The number of hydrogen-bond donors (Lipinski definition) is 1. The van der Waals surface area contributed by atoms with Crippen LogP contribution in [0.5, 0.6) is 11.6 Å². The van der Waals surface area contributed by atoms with Crippen molar-refractivity contribution in [3.63, 3.8) is 0 Å². The van der Waals surface area contributed by atoms with Crippen molar-refractivity contribution in [3.8, 4) is 11.6 Å². The number of aryl methyl sites for hydroxylation is 2. The van der Waals surface area contributed by atoms with E-state index in [0.717, 1.165) is 50.9 Å². The molecule has 0 unspecified atom stereocenters. The predicted molar refractivity (Wildman–Crippen MR) is 228 cm³/mol. The summed E-state index contributed by atoms with van der Waals surface area (Å²) in [6.45, 7) is 7.11. The number of hydrogen-bond acceptors (Lipinski definition) is 11. The molecule has 1 saturated carbocycles. The minimum atomic E-state index is -3.69. The molecule has 2 bridgehead atoms. The number of aromatic nitrogens is 2. The minimum Gasteiger partial charge on any atom is -0.490 e. The van der Waals surface area contributed by atoms with Crippen molar-refractivity contribution in [3.05, 3.63) is 82.0 Å². The summed E-state index contributed by atoms with van der Waals surface area (Å²) in [4.78, 5) is 45.9. The smallest absolute Gasteiger partial charge is 0.307 e. The number of esters is 1. The summed E-state index contributed by atoms with van der Waals surface area (Å²) >= 11 is 6.50. The van der Waals surface area contributed by atoms with E-state index in [0.29, 0.717) is 56.6 Å². The lowest BCUT2D eigenvalue weighted by Crippen LogP contribution is -2.50. The van der Waals surface area contributed by atoms with Crippen LogP contribution in [-0.2, 0) is 43.1 Å². The van der Waals surface area contributed by atoms with Crippen molar-refractivity contribution in [1.82, 2.24) is 19.4 Å². The van der Waals surface area contributed by atoms with Crippen molar-refractivity contribution in [2.24, 2.45) is 29.2 Å². The maximum atomic E-state index is 14.8. The summed E-state index contributed by atoms with van der Waals surface area (Å²) in [5.74, 6) is -1.12. The summed E-state index contributed by atoms with van der Waals surface area (Å²) < 4.78 is 46.9. The van der Waals surface area contributed by atoms with Gasteiger partial charge in [-0.1, -0.05) is 30.7 Å². The van der Waals surface area contributed by atoms with Gasteiger partial charge in [0.15, 0.2) is 0 Å². The lowest BCUT2D eigenvalue weighted by atomic mass is 9.68. The molecule has 2 fully saturated rings. The predicted octanol–water partition coefficient (Wildman–Crippen LogP) is 5.76. The van der Waals surface area contributed by atoms with E-state index in [-0.39, 0.29) is 58.3 Å². The van der Waals surface area contributed by atoms with Gasteiger partial charge >= 0.3 is 5.97 Å². The minimum absolute atomic E-state index is 0.0562. The second-order valence-electron chi connectivity index (χ2n) is 17.1. The number of nitrogens with zero attached hydrogens (tertiary/aromatic N) is 5. The van der Waals surface area contributed by atoms with Crippen LogP contribution in [0.1, 0.15) is 77.3 Å². The number of rotatable bonds is 7. The van der Waals surface area contributed by atoms with Crippen LogP contribution in [0.2, 0.25) is 5.02 Å². The fraction of sp³-hybridized carbons (Fsp3) is 0.545. The molecule has 322 valence electrons. The normalized spacial score (nSPS) is 28.8. The molecule has 1 aromatic heterocycles. The van der Waals surface area contributed by atoms with Gasteiger partial charge in [-0.25, -0.2) is 4.21 Å². The van der Waals surface area contributed by atoms with E-state index in [9.17, 15) is 18.6 Å². The van der Waals surface area contributed by atoms with E-state index in [1.165, 1.54) is 29.1 Å². The highest BCUT2D eigenvalue weighted by Gasteiger charge is 2.45. The Morgan fingerprint density at radius 2 is 1.97 bits per heavy atom. The zero-order chi connectivity index (χ0) is 42.0. The van der Waals surface area contributed by atoms with E-state index in [2.05, 4.69) is 36.1 Å². The Balaban J connectivity index is 1.16. The van der Waals surface area contributed by atoms with Gasteiger partial charge in [0.25, 0.3) is 11.8 Å². The van der Waals surface area contributed by atoms with Crippen LogP contribution in [0.4, 0.5) is 5.69 Å². The largest absolute Gasteiger partial charge is 0.490 e. The zero-order valence-corrected chi connectivity index (χ0v) is 36.2. The lowest BCUT2D eigenvalue weighted by molar-refractivity contribution is -0.152. The second-order valence-corrected chi connectivity index (χ2v) is 19.5. The number of fused-ring (bicyclic) bond motifs is 4. The number of amides is 2. The van der Waals surface area contributed by atoms with Gasteiger partial charge in [-0.2, -0.15) is 0 Å². The molecule has 4 heterocycles. The molecule has 0 radical (unpaired) electrons. The summed E-state index contributed by atoms with van der Waals surface area (Å²) in [5.41, 5.74) is 3.13. The maximum Gasteiger partial charge on any atom is 0.307 e. The highest BCUT2D eigenvalue weighted by Crippen LogP contribution is 2.47. The van der Waals surface area contributed by atoms with Crippen molar-refractivity contribution in [2.45, 2.75) is 63.4 Å². The number of benzene rings is 2. The first-order valence-corrected chi connectivity index (χ1v) is 23.1. The van der Waals surface area contributed by atoms with Gasteiger partial charge in [0, 0.05) is 67.9 Å². The van der Waals surface area contributed by atoms with Crippen LogP contribution in [0, 0.1) is 17.8 Å². The van der Waals surface area contributed by atoms with Gasteiger partial charge in [-0.3, -0.25) is 28.7 Å². The molecule has 1 saturated heterocycles. The van der Waals surface area contributed by atoms with Crippen LogP contribution in [0.15, 0.2) is 59.1 Å². The number of carbonyl (C=O) groups excluding carboxylic acids is 3. The van der Waals surface area contributed by atoms with E-state index in [4.69, 9.17) is 30.5 Å². The number of nitrogens with one attached hydrogen (secondary N) is 1. The standard InChI is InChI=1S/C44H55ClN6O8S/c1-29-6-4-8-38(59-40(52)15-17-50-18-20-57-21-19-50)34-12-9-32(34)24-51-27-44(16-5-7-30-22-33(45)11-13-36(30)44)28-58-39-14-10-31(23-37(39)51)41(53)47-60(55,26-29)48-42(54)35-25-49(2)46-43(35)56-3/h4,8,10-11,13-14,22-23,25,29,32,34,38H,5-7,9,12,15-21,24,26-28H2,1-3H3,(H,47,48,53,54,55)/b8-4+/t29-,32-,34+,38-,44-,60-/m0/s1. The quantitative estimate of drug-likeness (QED) is 0.228. The van der Waals surface area contributed by atoms with Crippen LogP contribution < -0.4 is 19.1 Å². The number of ether oxygens (including phenoxy) is 4. The molecule has 5 aliphatic rings. The molecule has 2 aromatic carbocycles. The molecular weight excluding hydrogens is 808 g/mol. The average molecular weight is 863 g/mol. The first kappa shape index (κ1) is 42.3. The van der Waals surface area contributed by atoms with Gasteiger partial charge in [-0.05, 0) is 97.9 Å². The number of methoxy groups -OCH3 is 1. The van der Waals surface area contributed by atoms with Crippen LogP contribution in [0.3, 0.4) is 0 Å². The Hall–Kier alpha value is -4.44. The first-order valence-electron chi connectivity index (χ1n) is 21.1. The molecule has 60 heavy (non-hydrogen) atoms. The van der Waals surface area contributed by atoms with Crippen molar-refractivity contribution in [1.29, 1.82) is 0 Å². The van der Waals surface area contributed by atoms with Gasteiger partial charge < -0.3 is 23.8 Å². The fourth-order valence-corrected chi connectivity index (χ4v) is 11.6. The first-order chi connectivity index (χ1) is 28.9. The van der Waals surface area contributed by atoms with Crippen molar-refractivity contribution >= 4 is 45.0 Å². The zero-order valence-electron chi connectivity index (χ0n) is 34.6. The number of anilines is 1. The van der Waals surface area contributed by atoms with E-state index in [1.54, 1.807) is 25.2 Å². The summed E-state index contributed by atoms with van der Waals surface area (Å²) in [7, 11) is -0.657. The maximum absolute atomic E-state index is 14.8. The highest BCUT2D eigenvalue weighted by molar-refractivity contribution is 7.92. The van der Waals surface area contributed by atoms with Gasteiger partial charge in [0.05, 0.1) is 44.8 Å². The molecule has 8 rings (SSSR count). The molecule has 3 aromatic rings. The molecule has 2 amide bonds. The fourth-order valence-electron chi connectivity index (χ4n) is 9.50. The molecule has 1 N–H and O–H groups in total.